The van der Waals surface area contributed by atoms with Gasteiger partial charge in [0.1, 0.15) is 0 Å². The van der Waals surface area contributed by atoms with Gasteiger partial charge in [0, 0.05) is 57.3 Å². The van der Waals surface area contributed by atoms with Gasteiger partial charge in [0.05, 0.1) is 0 Å². The van der Waals surface area contributed by atoms with E-state index in [1.807, 2.05) is 4.90 Å². The average Bonchev–Trinajstić information content (AvgIpc) is 3.06. The topological polar surface area (TPSA) is 51.2 Å². The summed E-state index contributed by atoms with van der Waals surface area (Å²) in [4.78, 5) is 29.5. The Morgan fingerprint density at radius 1 is 0.966 bits per heavy atom. The highest BCUT2D eigenvalue weighted by Gasteiger charge is 2.67. The molecule has 2 atom stereocenters. The molecule has 6 heteroatoms. The van der Waals surface area contributed by atoms with E-state index in [0.29, 0.717) is 30.1 Å². The fraction of sp³-hybridized carbons (Fsp3) is 0.957. The normalized spacial score (nSPS) is 49.4. The summed E-state index contributed by atoms with van der Waals surface area (Å²) in [5.74, 6) is 2.32. The van der Waals surface area contributed by atoms with Crippen LogP contribution in [0.5, 0.6) is 0 Å². The van der Waals surface area contributed by atoms with E-state index in [2.05, 4.69) is 11.9 Å². The van der Waals surface area contributed by atoms with Crippen molar-refractivity contribution in [3.8, 4) is 0 Å². The first-order valence-corrected chi connectivity index (χ1v) is 12.1. The van der Waals surface area contributed by atoms with Gasteiger partial charge in [-0.2, -0.15) is 9.78 Å². The number of ether oxygens (including phenoxy) is 1. The lowest BCUT2D eigenvalue weighted by Crippen LogP contribution is -2.59. The predicted molar refractivity (Wildman–Crippen MR) is 106 cm³/mol. The Kier molecular flexibility index (Phi) is 4.53. The van der Waals surface area contributed by atoms with Crippen LogP contribution in [0.25, 0.3) is 0 Å². The van der Waals surface area contributed by atoms with E-state index >= 15 is 0 Å². The molecule has 2 heterocycles. The summed E-state index contributed by atoms with van der Waals surface area (Å²) in [7, 11) is 2.13. The van der Waals surface area contributed by atoms with Gasteiger partial charge < -0.3 is 14.5 Å². The second-order valence-electron chi connectivity index (χ2n) is 11.1. The zero-order chi connectivity index (χ0) is 19.6. The molecule has 7 fully saturated rings. The summed E-state index contributed by atoms with van der Waals surface area (Å²) in [6, 6.07) is 0. The van der Waals surface area contributed by atoms with E-state index in [4.69, 9.17) is 14.5 Å². The van der Waals surface area contributed by atoms with Gasteiger partial charge in [0.2, 0.25) is 17.5 Å². The van der Waals surface area contributed by atoms with E-state index in [0.717, 1.165) is 63.7 Å². The van der Waals surface area contributed by atoms with Crippen LogP contribution in [-0.2, 0) is 19.3 Å². The quantitative estimate of drug-likeness (QED) is 0.662. The van der Waals surface area contributed by atoms with Crippen LogP contribution >= 0.6 is 0 Å². The molecule has 2 unspecified atom stereocenters. The van der Waals surface area contributed by atoms with Crippen molar-refractivity contribution in [3.05, 3.63) is 0 Å². The summed E-state index contributed by atoms with van der Waals surface area (Å²) in [5, 5.41) is 0. The van der Waals surface area contributed by atoms with Crippen molar-refractivity contribution in [2.45, 2.75) is 75.8 Å². The van der Waals surface area contributed by atoms with Crippen LogP contribution in [0, 0.1) is 29.6 Å². The monoisotopic (exact) mass is 404 g/mol. The Hall–Kier alpha value is -0.690. The van der Waals surface area contributed by atoms with E-state index < -0.39 is 11.6 Å². The summed E-state index contributed by atoms with van der Waals surface area (Å²) in [5.41, 5.74) is 0. The van der Waals surface area contributed by atoms with Gasteiger partial charge in [-0.1, -0.05) is 0 Å². The summed E-state index contributed by atoms with van der Waals surface area (Å²) >= 11 is 0. The first kappa shape index (κ1) is 19.0. The number of carbonyl (C=O) groups excluding carboxylic acids is 1. The van der Waals surface area contributed by atoms with Crippen molar-refractivity contribution < 1.29 is 19.3 Å². The van der Waals surface area contributed by atoms with E-state index in [-0.39, 0.29) is 0 Å². The fourth-order valence-corrected chi connectivity index (χ4v) is 7.69. The fourth-order valence-electron chi connectivity index (χ4n) is 7.69. The second-order valence-corrected chi connectivity index (χ2v) is 11.1. The smallest absolute Gasteiger partial charge is 0.222 e. The highest BCUT2D eigenvalue weighted by molar-refractivity contribution is 5.76. The lowest BCUT2D eigenvalue weighted by Gasteiger charge is -2.57. The maximum Gasteiger partial charge on any atom is 0.222 e. The molecule has 0 aromatic heterocycles. The molecule has 2 spiro atoms. The Balaban J connectivity index is 1.12. The van der Waals surface area contributed by atoms with Crippen molar-refractivity contribution in [1.29, 1.82) is 0 Å². The molecule has 7 aliphatic rings. The highest BCUT2D eigenvalue weighted by Crippen LogP contribution is 2.64. The molecule has 2 aliphatic heterocycles. The molecule has 4 bridgehead atoms. The number of amides is 1. The highest BCUT2D eigenvalue weighted by atomic mass is 17.3. The van der Waals surface area contributed by atoms with Gasteiger partial charge in [0.25, 0.3) is 0 Å². The molecule has 0 radical (unpaired) electrons. The molecule has 6 nitrogen and oxygen atoms in total. The Bertz CT molecular complexity index is 633. The number of hydrogen-bond acceptors (Lipinski definition) is 5. The van der Waals surface area contributed by atoms with E-state index in [1.54, 1.807) is 0 Å². The number of nitrogens with zero attached hydrogens (tertiary/aromatic N) is 2. The molecule has 7 rings (SSSR count). The van der Waals surface area contributed by atoms with Crippen molar-refractivity contribution >= 4 is 5.91 Å². The predicted octanol–water partition coefficient (Wildman–Crippen LogP) is 3.17. The average molecular weight is 405 g/mol. The Morgan fingerprint density at radius 3 is 2.34 bits per heavy atom. The molecule has 29 heavy (non-hydrogen) atoms. The van der Waals surface area contributed by atoms with Gasteiger partial charge in [-0.3, -0.25) is 4.79 Å². The standard InChI is InChI=1S/C23H36N2O4/c1-24-5-7-25(8-6-24)21(26)14-16-3-2-4-22(15-16)27-23(29-28-22)19-10-17-9-18(12-19)13-20(23)11-17/h16-20H,2-15H2,1H3. The van der Waals surface area contributed by atoms with E-state index in [1.165, 1.54) is 32.1 Å². The third-order valence-corrected chi connectivity index (χ3v) is 9.03. The molecular weight excluding hydrogens is 368 g/mol. The summed E-state index contributed by atoms with van der Waals surface area (Å²) in [6.45, 7) is 3.68. The first-order valence-electron chi connectivity index (χ1n) is 12.1. The molecule has 162 valence electrons. The van der Waals surface area contributed by atoms with Crippen LogP contribution in [0.3, 0.4) is 0 Å². The number of hydrogen-bond donors (Lipinski definition) is 0. The molecule has 0 aromatic rings. The minimum atomic E-state index is -0.610. The summed E-state index contributed by atoms with van der Waals surface area (Å²) < 4.78 is 6.85. The number of rotatable bonds is 2. The molecule has 0 N–H and O–H groups in total. The molecule has 1 amide bonds. The minimum Gasteiger partial charge on any atom is -0.340 e. The maximum atomic E-state index is 12.9. The van der Waals surface area contributed by atoms with Crippen molar-refractivity contribution in [3.63, 3.8) is 0 Å². The van der Waals surface area contributed by atoms with Gasteiger partial charge in [-0.05, 0) is 69.7 Å². The zero-order valence-corrected chi connectivity index (χ0v) is 17.8. The lowest BCUT2D eigenvalue weighted by atomic mass is 9.53. The molecule has 0 aromatic carbocycles. The first-order chi connectivity index (χ1) is 14.0. The third kappa shape index (κ3) is 3.17. The largest absolute Gasteiger partial charge is 0.340 e. The minimum absolute atomic E-state index is 0.309. The second kappa shape index (κ2) is 6.91. The van der Waals surface area contributed by atoms with Crippen LogP contribution in [0.1, 0.15) is 64.2 Å². The van der Waals surface area contributed by atoms with Crippen molar-refractivity contribution in [2.75, 3.05) is 33.2 Å². The van der Waals surface area contributed by atoms with Crippen LogP contribution in [0.2, 0.25) is 0 Å². The molecule has 5 aliphatic carbocycles. The third-order valence-electron chi connectivity index (χ3n) is 9.03. The molecular formula is C23H36N2O4. The van der Waals surface area contributed by atoms with Crippen LogP contribution in [-0.4, -0.2) is 60.5 Å². The van der Waals surface area contributed by atoms with Crippen LogP contribution in [0.4, 0.5) is 0 Å². The Morgan fingerprint density at radius 2 is 1.66 bits per heavy atom. The van der Waals surface area contributed by atoms with Gasteiger partial charge in [-0.15, -0.1) is 0 Å². The number of likely N-dealkylation sites (N-methyl/N-ethyl adjacent to an activating group) is 1. The summed E-state index contributed by atoms with van der Waals surface area (Å²) in [6.07, 6.45) is 10.9. The van der Waals surface area contributed by atoms with E-state index in [9.17, 15) is 4.79 Å². The zero-order valence-electron chi connectivity index (χ0n) is 17.8. The number of carbonyl (C=O) groups is 1. The van der Waals surface area contributed by atoms with Crippen molar-refractivity contribution in [2.24, 2.45) is 29.6 Å². The lowest BCUT2D eigenvalue weighted by molar-refractivity contribution is -0.390. The molecule has 2 saturated heterocycles. The van der Waals surface area contributed by atoms with Crippen LogP contribution < -0.4 is 0 Å². The van der Waals surface area contributed by atoms with Crippen molar-refractivity contribution in [1.82, 2.24) is 9.80 Å². The molecule has 5 saturated carbocycles. The van der Waals surface area contributed by atoms with Crippen LogP contribution in [0.15, 0.2) is 0 Å². The number of piperazine rings is 1. The maximum absolute atomic E-state index is 12.9. The SMILES string of the molecule is CN1CCN(C(=O)CC2CCCC3(C2)OOC2(O3)C3CC4CC(C3)CC2C4)CC1. The van der Waals surface area contributed by atoms with Gasteiger partial charge in [-0.25, -0.2) is 0 Å². The van der Waals surface area contributed by atoms with Gasteiger partial charge in [0.15, 0.2) is 0 Å². The van der Waals surface area contributed by atoms with Gasteiger partial charge >= 0.3 is 0 Å². The Labute approximate surface area is 174 Å².